The molecule has 0 unspecified atom stereocenters. The summed E-state index contributed by atoms with van der Waals surface area (Å²) in [4.78, 5) is 42.4. The van der Waals surface area contributed by atoms with Crippen LogP contribution in [0.1, 0.15) is 33.0 Å². The summed E-state index contributed by atoms with van der Waals surface area (Å²) in [7, 11) is 0. The number of carbonyl (C=O) groups excluding carboxylic acids is 1. The van der Waals surface area contributed by atoms with Crippen molar-refractivity contribution in [1.29, 1.82) is 0 Å². The molecule has 132 valence electrons. The van der Waals surface area contributed by atoms with Crippen LogP contribution in [-0.2, 0) is 0 Å². The Morgan fingerprint density at radius 1 is 0.852 bits per heavy atom. The predicted molar refractivity (Wildman–Crippen MR) is 98.9 cm³/mol. The van der Waals surface area contributed by atoms with Gasteiger partial charge in [-0.1, -0.05) is 36.4 Å². The number of hydrogen-bond acceptors (Lipinski definition) is 5. The Labute approximate surface area is 152 Å². The van der Waals surface area contributed by atoms with Crippen LogP contribution in [0.15, 0.2) is 63.7 Å². The lowest BCUT2D eigenvalue weighted by molar-refractivity contribution is 0.103. The summed E-state index contributed by atoms with van der Waals surface area (Å²) in [6, 6.07) is 13.5. The van der Waals surface area contributed by atoms with Crippen molar-refractivity contribution < 1.29 is 9.90 Å². The number of benzene rings is 2. The van der Waals surface area contributed by atoms with Crippen molar-refractivity contribution in [2.24, 2.45) is 0 Å². The minimum Gasteiger partial charge on any atom is -0.508 e. The third-order valence-electron chi connectivity index (χ3n) is 4.99. The summed E-state index contributed by atoms with van der Waals surface area (Å²) in [6.07, 6.45) is 0. The van der Waals surface area contributed by atoms with Crippen molar-refractivity contribution in [1.82, 2.24) is 9.97 Å². The van der Waals surface area contributed by atoms with Crippen LogP contribution in [0, 0.1) is 0 Å². The Kier molecular flexibility index (Phi) is 3.03. The Hall–Kier alpha value is -3.87. The van der Waals surface area contributed by atoms with Gasteiger partial charge in [0.15, 0.2) is 5.78 Å². The number of nitrogens with one attached hydrogen (secondary N) is 3. The molecule has 0 spiro atoms. The van der Waals surface area contributed by atoms with Gasteiger partial charge in [-0.05, 0) is 17.7 Å². The third-order valence-corrected chi connectivity index (χ3v) is 4.99. The highest BCUT2D eigenvalue weighted by atomic mass is 16.3. The van der Waals surface area contributed by atoms with Crippen LogP contribution in [-0.4, -0.2) is 20.9 Å². The summed E-state index contributed by atoms with van der Waals surface area (Å²) in [5.74, 6) is -0.483. The highest BCUT2D eigenvalue weighted by Gasteiger charge is 2.41. The minimum absolute atomic E-state index is 0.0820. The number of phenols is 1. The van der Waals surface area contributed by atoms with Crippen LogP contribution < -0.4 is 16.6 Å². The van der Waals surface area contributed by atoms with E-state index in [1.807, 2.05) is 12.1 Å². The quantitative estimate of drug-likeness (QED) is 0.530. The van der Waals surface area contributed by atoms with Crippen LogP contribution in [0.2, 0.25) is 0 Å². The molecule has 0 radical (unpaired) electrons. The van der Waals surface area contributed by atoms with E-state index in [1.165, 1.54) is 12.1 Å². The topological polar surface area (TPSA) is 115 Å². The minimum atomic E-state index is -0.669. The van der Waals surface area contributed by atoms with Gasteiger partial charge in [0.2, 0.25) is 0 Å². The number of Topliss-reactive ketones (excluding diaryl/α,β-unsaturated/α-hetero) is 1. The largest absolute Gasteiger partial charge is 0.508 e. The number of anilines is 1. The number of aromatic nitrogens is 2. The molecule has 1 aliphatic carbocycles. The average Bonchev–Trinajstić information content (AvgIpc) is 2.93. The van der Waals surface area contributed by atoms with Crippen LogP contribution in [0.4, 0.5) is 5.82 Å². The number of carbonyl (C=O) groups is 1. The average molecular weight is 359 g/mol. The number of H-pyrrole nitrogens is 2. The molecular formula is C20H13N3O4. The lowest BCUT2D eigenvalue weighted by Crippen LogP contribution is -2.33. The monoisotopic (exact) mass is 359 g/mol. The van der Waals surface area contributed by atoms with Gasteiger partial charge < -0.3 is 10.4 Å². The van der Waals surface area contributed by atoms with E-state index >= 15 is 0 Å². The fourth-order valence-electron chi connectivity index (χ4n) is 3.85. The molecule has 0 bridgehead atoms. The van der Waals surface area contributed by atoms with Gasteiger partial charge in [-0.25, -0.2) is 4.79 Å². The van der Waals surface area contributed by atoms with Gasteiger partial charge in [0, 0.05) is 22.6 Å². The fourth-order valence-corrected chi connectivity index (χ4v) is 3.85. The lowest BCUT2D eigenvalue weighted by Gasteiger charge is -2.27. The van der Waals surface area contributed by atoms with Gasteiger partial charge in [-0.15, -0.1) is 0 Å². The number of phenolic OH excluding ortho intramolecular Hbond substituents is 1. The van der Waals surface area contributed by atoms with Gasteiger partial charge in [0.25, 0.3) is 5.56 Å². The zero-order valence-corrected chi connectivity index (χ0v) is 13.9. The SMILES string of the molecule is O=C1C2=C(Nc3[nH]c(=O)[nH]c(=O)c3[C@H]2c2ccc(O)cc2)c2ccccc21. The first-order valence-corrected chi connectivity index (χ1v) is 8.35. The van der Waals surface area contributed by atoms with E-state index in [1.54, 1.807) is 24.3 Å². The second-order valence-corrected chi connectivity index (χ2v) is 6.51. The molecule has 27 heavy (non-hydrogen) atoms. The van der Waals surface area contributed by atoms with E-state index in [0.717, 1.165) is 5.56 Å². The van der Waals surface area contributed by atoms with Crippen molar-refractivity contribution in [3.05, 3.63) is 97.2 Å². The molecule has 7 nitrogen and oxygen atoms in total. The number of aromatic amines is 2. The molecule has 1 aliphatic heterocycles. The first-order valence-electron chi connectivity index (χ1n) is 8.35. The van der Waals surface area contributed by atoms with E-state index in [2.05, 4.69) is 15.3 Å². The number of fused-ring (bicyclic) bond motifs is 3. The molecule has 7 heteroatoms. The molecule has 0 saturated carbocycles. The normalized spacial score (nSPS) is 17.2. The molecule has 0 saturated heterocycles. The standard InChI is InChI=1S/C20H13N3O4/c24-10-7-5-9(6-8-10)13-14-16(11-3-1-2-4-12(11)17(14)25)21-18-15(13)19(26)23-20(27)22-18/h1-8,13,24H,(H3,21,22,23,26,27)/t13-/m0/s1. The van der Waals surface area contributed by atoms with Gasteiger partial charge in [-0.2, -0.15) is 0 Å². The second kappa shape index (κ2) is 5.31. The van der Waals surface area contributed by atoms with Crippen LogP contribution >= 0.6 is 0 Å². The molecule has 2 aliphatic rings. The maximum absolute atomic E-state index is 13.1. The molecule has 2 aromatic carbocycles. The van der Waals surface area contributed by atoms with Crippen LogP contribution in [0.5, 0.6) is 5.75 Å². The lowest BCUT2D eigenvalue weighted by atomic mass is 9.81. The molecule has 0 fully saturated rings. The Morgan fingerprint density at radius 3 is 2.30 bits per heavy atom. The summed E-state index contributed by atoms with van der Waals surface area (Å²) < 4.78 is 0. The van der Waals surface area contributed by atoms with Crippen LogP contribution in [0.3, 0.4) is 0 Å². The molecule has 3 aromatic rings. The van der Waals surface area contributed by atoms with E-state index in [9.17, 15) is 19.5 Å². The number of allylic oxidation sites excluding steroid dienone is 1. The molecule has 4 N–H and O–H groups in total. The number of ketones is 1. The van der Waals surface area contributed by atoms with E-state index in [4.69, 9.17) is 0 Å². The van der Waals surface area contributed by atoms with E-state index in [0.29, 0.717) is 22.4 Å². The smallest absolute Gasteiger partial charge is 0.327 e. The number of aromatic hydroxyl groups is 1. The first kappa shape index (κ1) is 15.4. The molecule has 1 atom stereocenters. The summed E-state index contributed by atoms with van der Waals surface area (Å²) in [5, 5.41) is 12.7. The number of hydrogen-bond donors (Lipinski definition) is 4. The maximum Gasteiger partial charge on any atom is 0.327 e. The highest BCUT2D eigenvalue weighted by Crippen LogP contribution is 2.47. The zero-order chi connectivity index (χ0) is 18.7. The van der Waals surface area contributed by atoms with Gasteiger partial charge in [0.05, 0.1) is 11.3 Å². The highest BCUT2D eigenvalue weighted by molar-refractivity contribution is 6.23. The zero-order valence-electron chi connectivity index (χ0n) is 13.9. The third kappa shape index (κ3) is 2.11. The van der Waals surface area contributed by atoms with Gasteiger partial charge >= 0.3 is 5.69 Å². The van der Waals surface area contributed by atoms with Crippen molar-refractivity contribution in [2.75, 3.05) is 5.32 Å². The van der Waals surface area contributed by atoms with Crippen molar-refractivity contribution in [3.8, 4) is 5.75 Å². The van der Waals surface area contributed by atoms with E-state index in [-0.39, 0.29) is 22.9 Å². The summed E-state index contributed by atoms with van der Waals surface area (Å²) in [5.41, 5.74) is 2.06. The summed E-state index contributed by atoms with van der Waals surface area (Å²) >= 11 is 0. The first-order chi connectivity index (χ1) is 13.0. The summed E-state index contributed by atoms with van der Waals surface area (Å²) in [6.45, 7) is 0. The molecule has 0 amide bonds. The predicted octanol–water partition coefficient (Wildman–Crippen LogP) is 1.93. The van der Waals surface area contributed by atoms with Crippen molar-refractivity contribution in [3.63, 3.8) is 0 Å². The molecule has 5 rings (SSSR count). The Bertz CT molecular complexity index is 1270. The van der Waals surface area contributed by atoms with Gasteiger partial charge in [-0.3, -0.25) is 19.6 Å². The second-order valence-electron chi connectivity index (χ2n) is 6.51. The Balaban J connectivity index is 1.84. The van der Waals surface area contributed by atoms with Crippen molar-refractivity contribution >= 4 is 17.3 Å². The molecule has 2 heterocycles. The maximum atomic E-state index is 13.1. The number of rotatable bonds is 1. The van der Waals surface area contributed by atoms with Crippen molar-refractivity contribution in [2.45, 2.75) is 5.92 Å². The fraction of sp³-hybridized carbons (Fsp3) is 0.0500. The Morgan fingerprint density at radius 2 is 1.56 bits per heavy atom. The molecular weight excluding hydrogens is 346 g/mol. The van der Waals surface area contributed by atoms with Crippen LogP contribution in [0.25, 0.3) is 5.70 Å². The van der Waals surface area contributed by atoms with E-state index < -0.39 is 17.2 Å². The van der Waals surface area contributed by atoms with Gasteiger partial charge in [0.1, 0.15) is 11.6 Å². The molecule has 1 aromatic heterocycles.